The standard InChI is InChI=1S/C12H19N/c1-4-10(2)7-8-12-6-5-9-13-11(12)3/h5-6,9-10H,4,7-8H2,1-3H3. The molecule has 1 aromatic rings. The van der Waals surface area contributed by atoms with Gasteiger partial charge in [-0.3, -0.25) is 4.98 Å². The highest BCUT2D eigenvalue weighted by Crippen LogP contribution is 2.13. The molecule has 0 N–H and O–H groups in total. The van der Waals surface area contributed by atoms with Gasteiger partial charge in [0.25, 0.3) is 0 Å². The van der Waals surface area contributed by atoms with E-state index in [1.165, 1.54) is 30.5 Å². The topological polar surface area (TPSA) is 12.9 Å². The molecule has 0 amide bonds. The minimum absolute atomic E-state index is 0.833. The molecule has 0 radical (unpaired) electrons. The van der Waals surface area contributed by atoms with Crippen molar-refractivity contribution in [3.8, 4) is 0 Å². The fourth-order valence-electron chi connectivity index (χ4n) is 1.39. The van der Waals surface area contributed by atoms with Crippen molar-refractivity contribution in [1.29, 1.82) is 0 Å². The second-order valence-corrected chi connectivity index (χ2v) is 3.80. The number of rotatable bonds is 4. The minimum atomic E-state index is 0.833. The third-order valence-corrected chi connectivity index (χ3v) is 2.72. The number of aromatic nitrogens is 1. The largest absolute Gasteiger partial charge is 0.261 e. The van der Waals surface area contributed by atoms with Crippen LogP contribution >= 0.6 is 0 Å². The number of pyridine rings is 1. The summed E-state index contributed by atoms with van der Waals surface area (Å²) < 4.78 is 0. The minimum Gasteiger partial charge on any atom is -0.261 e. The normalized spacial score (nSPS) is 12.8. The molecular formula is C12H19N. The Morgan fingerprint density at radius 1 is 1.46 bits per heavy atom. The van der Waals surface area contributed by atoms with Crippen molar-refractivity contribution in [2.45, 2.75) is 40.0 Å². The summed E-state index contributed by atoms with van der Waals surface area (Å²) in [4.78, 5) is 4.28. The van der Waals surface area contributed by atoms with E-state index in [2.05, 4.69) is 31.8 Å². The molecule has 1 atom stereocenters. The molecule has 0 bridgehead atoms. The molecule has 72 valence electrons. The van der Waals surface area contributed by atoms with Crippen LogP contribution in [0.1, 0.15) is 37.9 Å². The highest BCUT2D eigenvalue weighted by atomic mass is 14.7. The van der Waals surface area contributed by atoms with Crippen molar-refractivity contribution in [2.75, 3.05) is 0 Å². The van der Waals surface area contributed by atoms with Crippen molar-refractivity contribution < 1.29 is 0 Å². The summed E-state index contributed by atoms with van der Waals surface area (Å²) in [6.07, 6.45) is 5.60. The quantitative estimate of drug-likeness (QED) is 0.687. The van der Waals surface area contributed by atoms with E-state index in [9.17, 15) is 0 Å². The van der Waals surface area contributed by atoms with Gasteiger partial charge in [0, 0.05) is 11.9 Å². The lowest BCUT2D eigenvalue weighted by atomic mass is 9.98. The SMILES string of the molecule is CCC(C)CCc1cccnc1C. The van der Waals surface area contributed by atoms with Crippen LogP contribution in [-0.2, 0) is 6.42 Å². The number of hydrogen-bond donors (Lipinski definition) is 0. The molecule has 1 heterocycles. The lowest BCUT2D eigenvalue weighted by molar-refractivity contribution is 0.515. The number of hydrogen-bond acceptors (Lipinski definition) is 1. The Morgan fingerprint density at radius 2 is 2.23 bits per heavy atom. The van der Waals surface area contributed by atoms with Gasteiger partial charge in [0.1, 0.15) is 0 Å². The molecule has 0 fully saturated rings. The Morgan fingerprint density at radius 3 is 2.85 bits per heavy atom. The smallest absolute Gasteiger partial charge is 0.0404 e. The second kappa shape index (κ2) is 5.00. The van der Waals surface area contributed by atoms with E-state index >= 15 is 0 Å². The van der Waals surface area contributed by atoms with Crippen molar-refractivity contribution in [3.05, 3.63) is 29.6 Å². The predicted molar refractivity (Wildman–Crippen MR) is 56.8 cm³/mol. The lowest BCUT2D eigenvalue weighted by Gasteiger charge is -2.08. The fraction of sp³-hybridized carbons (Fsp3) is 0.583. The first kappa shape index (κ1) is 10.2. The highest BCUT2D eigenvalue weighted by Gasteiger charge is 2.02. The summed E-state index contributed by atoms with van der Waals surface area (Å²) in [6, 6.07) is 4.21. The van der Waals surface area contributed by atoms with Gasteiger partial charge in [-0.2, -0.15) is 0 Å². The van der Waals surface area contributed by atoms with Gasteiger partial charge >= 0.3 is 0 Å². The molecule has 1 rings (SSSR count). The summed E-state index contributed by atoms with van der Waals surface area (Å²) in [6.45, 7) is 6.65. The van der Waals surface area contributed by atoms with Crippen LogP contribution in [0.2, 0.25) is 0 Å². The molecule has 0 spiro atoms. The van der Waals surface area contributed by atoms with Crippen molar-refractivity contribution in [2.24, 2.45) is 5.92 Å². The van der Waals surface area contributed by atoms with E-state index in [1.54, 1.807) is 0 Å². The van der Waals surface area contributed by atoms with Crippen LogP contribution in [0.15, 0.2) is 18.3 Å². The van der Waals surface area contributed by atoms with E-state index in [0.717, 1.165) is 5.92 Å². The zero-order valence-electron chi connectivity index (χ0n) is 8.88. The summed E-state index contributed by atoms with van der Waals surface area (Å²) in [5.74, 6) is 0.833. The molecule has 0 aromatic carbocycles. The first-order valence-corrected chi connectivity index (χ1v) is 5.14. The third-order valence-electron chi connectivity index (χ3n) is 2.72. The van der Waals surface area contributed by atoms with Gasteiger partial charge in [0.05, 0.1) is 0 Å². The molecule has 1 unspecified atom stereocenters. The van der Waals surface area contributed by atoms with E-state index in [0.29, 0.717) is 0 Å². The Kier molecular flexibility index (Phi) is 3.94. The summed E-state index contributed by atoms with van der Waals surface area (Å²) >= 11 is 0. The molecular weight excluding hydrogens is 158 g/mol. The van der Waals surface area contributed by atoms with Crippen molar-refractivity contribution in [3.63, 3.8) is 0 Å². The molecule has 0 aliphatic carbocycles. The predicted octanol–water partition coefficient (Wildman–Crippen LogP) is 3.37. The Balaban J connectivity index is 2.50. The Hall–Kier alpha value is -0.850. The molecule has 1 heteroatoms. The van der Waals surface area contributed by atoms with Crippen LogP contribution < -0.4 is 0 Å². The molecule has 0 saturated carbocycles. The Bertz CT molecular complexity index is 255. The average molecular weight is 177 g/mol. The lowest BCUT2D eigenvalue weighted by Crippen LogP contribution is -1.98. The van der Waals surface area contributed by atoms with Crippen LogP contribution in [0.25, 0.3) is 0 Å². The molecule has 1 nitrogen and oxygen atoms in total. The molecule has 0 aliphatic heterocycles. The monoisotopic (exact) mass is 177 g/mol. The van der Waals surface area contributed by atoms with E-state index in [-0.39, 0.29) is 0 Å². The van der Waals surface area contributed by atoms with Crippen LogP contribution in [0.3, 0.4) is 0 Å². The van der Waals surface area contributed by atoms with Crippen LogP contribution in [-0.4, -0.2) is 4.98 Å². The summed E-state index contributed by atoms with van der Waals surface area (Å²) in [5.41, 5.74) is 2.59. The van der Waals surface area contributed by atoms with Gasteiger partial charge in [0.2, 0.25) is 0 Å². The van der Waals surface area contributed by atoms with Crippen LogP contribution in [0.4, 0.5) is 0 Å². The van der Waals surface area contributed by atoms with Gasteiger partial charge in [-0.15, -0.1) is 0 Å². The molecule has 1 aromatic heterocycles. The summed E-state index contributed by atoms with van der Waals surface area (Å²) in [5, 5.41) is 0. The van der Waals surface area contributed by atoms with Crippen molar-refractivity contribution in [1.82, 2.24) is 4.98 Å². The average Bonchev–Trinajstić information content (AvgIpc) is 2.16. The highest BCUT2D eigenvalue weighted by molar-refractivity contribution is 5.18. The second-order valence-electron chi connectivity index (χ2n) is 3.80. The third kappa shape index (κ3) is 3.17. The zero-order valence-corrected chi connectivity index (χ0v) is 8.88. The van der Waals surface area contributed by atoms with Crippen LogP contribution in [0, 0.1) is 12.8 Å². The maximum Gasteiger partial charge on any atom is 0.0404 e. The van der Waals surface area contributed by atoms with Gasteiger partial charge in [0.15, 0.2) is 0 Å². The van der Waals surface area contributed by atoms with Crippen LogP contribution in [0.5, 0.6) is 0 Å². The fourth-order valence-corrected chi connectivity index (χ4v) is 1.39. The molecule has 13 heavy (non-hydrogen) atoms. The van der Waals surface area contributed by atoms with E-state index in [4.69, 9.17) is 0 Å². The molecule has 0 aliphatic rings. The zero-order chi connectivity index (χ0) is 9.68. The van der Waals surface area contributed by atoms with Gasteiger partial charge in [-0.1, -0.05) is 26.3 Å². The van der Waals surface area contributed by atoms with E-state index < -0.39 is 0 Å². The van der Waals surface area contributed by atoms with Crippen molar-refractivity contribution >= 4 is 0 Å². The van der Waals surface area contributed by atoms with E-state index in [1.807, 2.05) is 12.3 Å². The van der Waals surface area contributed by atoms with Gasteiger partial charge in [-0.25, -0.2) is 0 Å². The summed E-state index contributed by atoms with van der Waals surface area (Å²) in [7, 11) is 0. The number of nitrogens with zero attached hydrogens (tertiary/aromatic N) is 1. The number of aryl methyl sites for hydroxylation is 2. The van der Waals surface area contributed by atoms with Gasteiger partial charge in [-0.05, 0) is 37.3 Å². The first-order chi connectivity index (χ1) is 6.24. The van der Waals surface area contributed by atoms with Gasteiger partial charge < -0.3 is 0 Å². The molecule has 0 saturated heterocycles. The Labute approximate surface area is 81.2 Å². The first-order valence-electron chi connectivity index (χ1n) is 5.14. The maximum absolute atomic E-state index is 4.28. The maximum atomic E-state index is 4.28.